The highest BCUT2D eigenvalue weighted by Gasteiger charge is 2.05. The highest BCUT2D eigenvalue weighted by Crippen LogP contribution is 2.19. The molecule has 3 heteroatoms. The van der Waals surface area contributed by atoms with Crippen LogP contribution in [0.25, 0.3) is 0 Å². The summed E-state index contributed by atoms with van der Waals surface area (Å²) in [5, 5.41) is 12.2. The summed E-state index contributed by atoms with van der Waals surface area (Å²) in [6.07, 6.45) is 0.694. The molecular formula is C18H21NO2. The lowest BCUT2D eigenvalue weighted by atomic mass is 10.0. The average Bonchev–Trinajstić information content (AvgIpc) is 2.49. The maximum Gasteiger partial charge on any atom is 0.119 e. The molecule has 0 amide bonds. The van der Waals surface area contributed by atoms with Crippen molar-refractivity contribution in [2.24, 2.45) is 5.16 Å². The number of ether oxygens (including phenoxy) is 1. The fraction of sp³-hybridized carbons (Fsp3) is 0.278. The van der Waals surface area contributed by atoms with Crippen LogP contribution in [0.3, 0.4) is 0 Å². The molecule has 2 rings (SSSR count). The summed E-state index contributed by atoms with van der Waals surface area (Å²) in [5.74, 6) is 0.815. The first-order chi connectivity index (χ1) is 10.2. The molecule has 0 radical (unpaired) electrons. The van der Waals surface area contributed by atoms with E-state index in [2.05, 4.69) is 37.2 Å². The van der Waals surface area contributed by atoms with Crippen molar-refractivity contribution in [2.75, 3.05) is 0 Å². The van der Waals surface area contributed by atoms with Gasteiger partial charge in [0.25, 0.3) is 0 Å². The number of aryl methyl sites for hydroxylation is 2. The minimum atomic E-state index is 0.562. The SMILES string of the molecule is CC/C(=N/O)c1ccc(OCc2c(C)cccc2C)cc1. The third kappa shape index (κ3) is 3.63. The van der Waals surface area contributed by atoms with Gasteiger partial charge in [-0.15, -0.1) is 0 Å². The van der Waals surface area contributed by atoms with Crippen molar-refractivity contribution in [1.82, 2.24) is 0 Å². The summed E-state index contributed by atoms with van der Waals surface area (Å²) >= 11 is 0. The van der Waals surface area contributed by atoms with Gasteiger partial charge in [0.05, 0.1) is 5.71 Å². The van der Waals surface area contributed by atoms with Crippen molar-refractivity contribution in [3.63, 3.8) is 0 Å². The van der Waals surface area contributed by atoms with E-state index in [1.54, 1.807) is 0 Å². The molecule has 0 heterocycles. The molecule has 0 atom stereocenters. The molecule has 1 N–H and O–H groups in total. The van der Waals surface area contributed by atoms with Gasteiger partial charge in [0, 0.05) is 0 Å². The Morgan fingerprint density at radius 3 is 2.19 bits per heavy atom. The lowest BCUT2D eigenvalue weighted by Gasteiger charge is -2.12. The Labute approximate surface area is 125 Å². The number of benzene rings is 2. The summed E-state index contributed by atoms with van der Waals surface area (Å²) in [6, 6.07) is 13.9. The summed E-state index contributed by atoms with van der Waals surface area (Å²) in [7, 11) is 0. The third-order valence-electron chi connectivity index (χ3n) is 3.67. The smallest absolute Gasteiger partial charge is 0.119 e. The summed E-state index contributed by atoms with van der Waals surface area (Å²) in [4.78, 5) is 0. The van der Waals surface area contributed by atoms with Crippen LogP contribution >= 0.6 is 0 Å². The van der Waals surface area contributed by atoms with Gasteiger partial charge in [0.15, 0.2) is 0 Å². The van der Waals surface area contributed by atoms with E-state index < -0.39 is 0 Å². The van der Waals surface area contributed by atoms with Gasteiger partial charge in [-0.3, -0.25) is 0 Å². The molecule has 0 aliphatic rings. The van der Waals surface area contributed by atoms with E-state index in [1.807, 2.05) is 31.2 Å². The van der Waals surface area contributed by atoms with Gasteiger partial charge in [-0.25, -0.2) is 0 Å². The second kappa shape index (κ2) is 6.93. The Balaban J connectivity index is 2.08. The molecule has 2 aromatic carbocycles. The molecular weight excluding hydrogens is 262 g/mol. The zero-order chi connectivity index (χ0) is 15.2. The van der Waals surface area contributed by atoms with E-state index in [0.717, 1.165) is 11.3 Å². The van der Waals surface area contributed by atoms with E-state index in [1.165, 1.54) is 16.7 Å². The van der Waals surface area contributed by atoms with Crippen LogP contribution in [0.5, 0.6) is 5.75 Å². The largest absolute Gasteiger partial charge is 0.489 e. The Morgan fingerprint density at radius 2 is 1.67 bits per heavy atom. The van der Waals surface area contributed by atoms with Crippen LogP contribution in [-0.4, -0.2) is 10.9 Å². The lowest BCUT2D eigenvalue weighted by molar-refractivity contribution is 0.304. The number of oxime groups is 1. The predicted molar refractivity (Wildman–Crippen MR) is 85.3 cm³/mol. The van der Waals surface area contributed by atoms with E-state index in [0.29, 0.717) is 18.7 Å². The van der Waals surface area contributed by atoms with Crippen LogP contribution < -0.4 is 4.74 Å². The molecule has 0 saturated carbocycles. The molecule has 0 saturated heterocycles. The molecule has 0 aliphatic heterocycles. The Kier molecular flexibility index (Phi) is 4.99. The van der Waals surface area contributed by atoms with E-state index in [4.69, 9.17) is 9.94 Å². The van der Waals surface area contributed by atoms with Crippen LogP contribution in [0.4, 0.5) is 0 Å². The molecule has 0 bridgehead atoms. The first kappa shape index (κ1) is 15.1. The second-order valence-corrected chi connectivity index (χ2v) is 5.08. The standard InChI is InChI=1S/C18H21NO2/c1-4-18(19-20)15-8-10-16(11-9-15)21-12-17-13(2)6-5-7-14(17)3/h5-11,20H,4,12H2,1-3H3/b19-18-. The second-order valence-electron chi connectivity index (χ2n) is 5.08. The third-order valence-corrected chi connectivity index (χ3v) is 3.67. The summed E-state index contributed by atoms with van der Waals surface area (Å²) in [6.45, 7) is 6.72. The van der Waals surface area contributed by atoms with Crippen LogP contribution in [0.2, 0.25) is 0 Å². The van der Waals surface area contributed by atoms with Gasteiger partial charge in [-0.05, 0) is 66.8 Å². The topological polar surface area (TPSA) is 41.8 Å². The molecule has 2 aromatic rings. The predicted octanol–water partition coefficient (Wildman–Crippen LogP) is 4.47. The summed E-state index contributed by atoms with van der Waals surface area (Å²) in [5.41, 5.74) is 5.31. The highest BCUT2D eigenvalue weighted by molar-refractivity contribution is 6.00. The number of hydrogen-bond donors (Lipinski definition) is 1. The van der Waals surface area contributed by atoms with Crippen molar-refractivity contribution >= 4 is 5.71 Å². The maximum absolute atomic E-state index is 8.92. The van der Waals surface area contributed by atoms with Gasteiger partial charge >= 0.3 is 0 Å². The van der Waals surface area contributed by atoms with Crippen molar-refractivity contribution in [2.45, 2.75) is 33.8 Å². The minimum absolute atomic E-state index is 0.562. The van der Waals surface area contributed by atoms with Crippen LogP contribution in [0.1, 0.15) is 35.6 Å². The molecule has 110 valence electrons. The van der Waals surface area contributed by atoms with Crippen molar-refractivity contribution in [3.8, 4) is 5.75 Å². The molecule has 3 nitrogen and oxygen atoms in total. The van der Waals surface area contributed by atoms with Crippen molar-refractivity contribution in [3.05, 3.63) is 64.7 Å². The highest BCUT2D eigenvalue weighted by atomic mass is 16.5. The fourth-order valence-electron chi connectivity index (χ4n) is 2.31. The first-order valence-corrected chi connectivity index (χ1v) is 7.15. The maximum atomic E-state index is 8.92. The summed E-state index contributed by atoms with van der Waals surface area (Å²) < 4.78 is 5.85. The first-order valence-electron chi connectivity index (χ1n) is 7.15. The van der Waals surface area contributed by atoms with Gasteiger partial charge in [-0.1, -0.05) is 30.3 Å². The van der Waals surface area contributed by atoms with Crippen LogP contribution in [-0.2, 0) is 6.61 Å². The van der Waals surface area contributed by atoms with E-state index in [9.17, 15) is 0 Å². The molecule has 0 fully saturated rings. The Hall–Kier alpha value is -2.29. The van der Waals surface area contributed by atoms with Gasteiger partial charge in [-0.2, -0.15) is 0 Å². The average molecular weight is 283 g/mol. The molecule has 0 spiro atoms. The van der Waals surface area contributed by atoms with Crippen molar-refractivity contribution < 1.29 is 9.94 Å². The number of rotatable bonds is 5. The fourth-order valence-corrected chi connectivity index (χ4v) is 2.31. The Bertz CT molecular complexity index is 610. The zero-order valence-electron chi connectivity index (χ0n) is 12.8. The normalized spacial score (nSPS) is 11.5. The quantitative estimate of drug-likeness (QED) is 0.499. The van der Waals surface area contributed by atoms with Crippen LogP contribution in [0, 0.1) is 13.8 Å². The van der Waals surface area contributed by atoms with Gasteiger partial charge in [0.1, 0.15) is 12.4 Å². The van der Waals surface area contributed by atoms with Gasteiger partial charge in [0.2, 0.25) is 0 Å². The minimum Gasteiger partial charge on any atom is -0.489 e. The molecule has 21 heavy (non-hydrogen) atoms. The number of nitrogens with zero attached hydrogens (tertiary/aromatic N) is 1. The Morgan fingerprint density at radius 1 is 1.05 bits per heavy atom. The lowest BCUT2D eigenvalue weighted by Crippen LogP contribution is -2.02. The molecule has 0 aliphatic carbocycles. The monoisotopic (exact) mass is 283 g/mol. The molecule has 0 unspecified atom stereocenters. The van der Waals surface area contributed by atoms with Crippen molar-refractivity contribution in [1.29, 1.82) is 0 Å². The van der Waals surface area contributed by atoms with E-state index in [-0.39, 0.29) is 0 Å². The zero-order valence-corrected chi connectivity index (χ0v) is 12.8. The van der Waals surface area contributed by atoms with Gasteiger partial charge < -0.3 is 9.94 Å². The molecule has 0 aromatic heterocycles. The van der Waals surface area contributed by atoms with E-state index >= 15 is 0 Å². The number of hydrogen-bond acceptors (Lipinski definition) is 3. The van der Waals surface area contributed by atoms with Crippen LogP contribution in [0.15, 0.2) is 47.6 Å².